The lowest BCUT2D eigenvalue weighted by Gasteiger charge is -1.93. The molecule has 0 aliphatic carbocycles. The van der Waals surface area contributed by atoms with Crippen LogP contribution in [0.3, 0.4) is 0 Å². The molecular weight excluding hydrogens is 253 g/mol. The topological polar surface area (TPSA) is 40.9 Å². The normalized spacial score (nSPS) is 8.73. The lowest BCUT2D eigenvalue weighted by Crippen LogP contribution is -1.85. The Morgan fingerprint density at radius 2 is 2.27 bits per heavy atom. The van der Waals surface area contributed by atoms with E-state index in [0.717, 1.165) is 9.86 Å². The maximum absolute atomic E-state index is 10.3. The van der Waals surface area contributed by atoms with Crippen molar-refractivity contribution < 1.29 is 4.79 Å². The molecule has 3 heteroatoms. The Morgan fingerprint density at radius 3 is 2.82 bits per heavy atom. The van der Waals surface area contributed by atoms with Gasteiger partial charge in [0.2, 0.25) is 0 Å². The quantitative estimate of drug-likeness (QED) is 0.570. The Kier molecular flexibility index (Phi) is 2.60. The van der Waals surface area contributed by atoms with Gasteiger partial charge in [-0.1, -0.05) is 6.07 Å². The van der Waals surface area contributed by atoms with Crippen LogP contribution in [0.5, 0.6) is 0 Å². The number of hydrogen-bond donors (Lipinski definition) is 0. The van der Waals surface area contributed by atoms with Crippen molar-refractivity contribution in [1.29, 1.82) is 5.26 Å². The molecule has 0 aromatic heterocycles. The summed E-state index contributed by atoms with van der Waals surface area (Å²) in [4.78, 5) is 10.3. The van der Waals surface area contributed by atoms with E-state index in [2.05, 4.69) is 22.6 Å². The Labute approximate surface area is 78.0 Å². The number of benzene rings is 1. The molecule has 0 radical (unpaired) electrons. The first-order chi connectivity index (χ1) is 5.27. The van der Waals surface area contributed by atoms with Crippen molar-refractivity contribution >= 4 is 28.9 Å². The van der Waals surface area contributed by atoms with Crippen LogP contribution in [-0.4, -0.2) is 6.29 Å². The summed E-state index contributed by atoms with van der Waals surface area (Å²) >= 11 is 2.05. The summed E-state index contributed by atoms with van der Waals surface area (Å²) in [6, 6.07) is 7.02. The van der Waals surface area contributed by atoms with Crippen molar-refractivity contribution in [3.05, 3.63) is 32.9 Å². The average Bonchev–Trinajstić information content (AvgIpc) is 2.05. The van der Waals surface area contributed by atoms with E-state index in [1.165, 1.54) is 0 Å². The van der Waals surface area contributed by atoms with E-state index in [4.69, 9.17) is 5.26 Å². The Morgan fingerprint density at radius 1 is 1.55 bits per heavy atom. The van der Waals surface area contributed by atoms with Crippen LogP contribution >= 0.6 is 22.6 Å². The molecule has 0 saturated heterocycles. The molecule has 0 bridgehead atoms. The van der Waals surface area contributed by atoms with Gasteiger partial charge in [-0.15, -0.1) is 0 Å². The second-order valence-electron chi connectivity index (χ2n) is 1.97. The average molecular weight is 257 g/mol. The maximum Gasteiger partial charge on any atom is 0.150 e. The smallest absolute Gasteiger partial charge is 0.150 e. The number of nitriles is 1. The molecule has 0 N–H and O–H groups in total. The molecule has 1 aromatic rings. The highest BCUT2D eigenvalue weighted by molar-refractivity contribution is 14.1. The molecule has 1 rings (SSSR count). The summed E-state index contributed by atoms with van der Waals surface area (Å²) in [5, 5.41) is 8.57. The van der Waals surface area contributed by atoms with Gasteiger partial charge in [-0.2, -0.15) is 5.26 Å². The van der Waals surface area contributed by atoms with E-state index >= 15 is 0 Å². The highest BCUT2D eigenvalue weighted by Gasteiger charge is 1.98. The molecule has 0 amide bonds. The summed E-state index contributed by atoms with van der Waals surface area (Å²) in [6.07, 6.45) is 0.733. The molecule has 1 aromatic carbocycles. The first kappa shape index (κ1) is 8.21. The molecule has 0 spiro atoms. The van der Waals surface area contributed by atoms with E-state index in [1.54, 1.807) is 18.2 Å². The van der Waals surface area contributed by atoms with Gasteiger partial charge < -0.3 is 0 Å². The minimum absolute atomic E-state index is 0.543. The fourth-order valence-corrected chi connectivity index (χ4v) is 1.16. The predicted octanol–water partition coefficient (Wildman–Crippen LogP) is 1.98. The van der Waals surface area contributed by atoms with Crippen LogP contribution in [0.25, 0.3) is 0 Å². The molecule has 0 unspecified atom stereocenters. The van der Waals surface area contributed by atoms with Crippen LogP contribution < -0.4 is 0 Å². The van der Waals surface area contributed by atoms with Crippen LogP contribution in [0, 0.1) is 14.9 Å². The molecule has 0 aliphatic rings. The van der Waals surface area contributed by atoms with Gasteiger partial charge in [-0.3, -0.25) is 4.79 Å². The summed E-state index contributed by atoms with van der Waals surface area (Å²) in [7, 11) is 0. The van der Waals surface area contributed by atoms with Crippen LogP contribution in [-0.2, 0) is 0 Å². The number of halogens is 1. The highest BCUT2D eigenvalue weighted by Crippen LogP contribution is 2.11. The first-order valence-corrected chi connectivity index (χ1v) is 4.00. The summed E-state index contributed by atoms with van der Waals surface area (Å²) in [6.45, 7) is 0. The van der Waals surface area contributed by atoms with Crippen LogP contribution in [0.1, 0.15) is 15.9 Å². The largest absolute Gasteiger partial charge is 0.298 e. The highest BCUT2D eigenvalue weighted by atomic mass is 127. The van der Waals surface area contributed by atoms with Gasteiger partial charge in [0.1, 0.15) is 12.4 Å². The molecule has 0 aliphatic heterocycles. The standard InChI is InChI=1S/C8H4INO/c9-8-2-1-6(5-11)3-7(8)4-10/h1-3,5H. The summed E-state index contributed by atoms with van der Waals surface area (Å²) < 4.78 is 0.871. The molecule has 0 fully saturated rings. The van der Waals surface area contributed by atoms with Gasteiger partial charge in [0.05, 0.1) is 5.56 Å². The number of hydrogen-bond acceptors (Lipinski definition) is 2. The van der Waals surface area contributed by atoms with E-state index in [0.29, 0.717) is 11.1 Å². The Bertz CT molecular complexity index is 327. The number of aldehydes is 1. The fraction of sp³-hybridized carbons (Fsp3) is 0. The molecule has 0 atom stereocenters. The summed E-state index contributed by atoms with van der Waals surface area (Å²) in [5.74, 6) is 0. The van der Waals surface area contributed by atoms with Gasteiger partial charge in [0, 0.05) is 9.13 Å². The van der Waals surface area contributed by atoms with Crippen molar-refractivity contribution in [2.24, 2.45) is 0 Å². The molecule has 54 valence electrons. The van der Waals surface area contributed by atoms with Gasteiger partial charge >= 0.3 is 0 Å². The van der Waals surface area contributed by atoms with E-state index in [9.17, 15) is 4.79 Å². The lowest BCUT2D eigenvalue weighted by atomic mass is 10.1. The zero-order chi connectivity index (χ0) is 8.27. The molecule has 2 nitrogen and oxygen atoms in total. The van der Waals surface area contributed by atoms with Gasteiger partial charge in [-0.05, 0) is 34.7 Å². The first-order valence-electron chi connectivity index (χ1n) is 2.93. The second kappa shape index (κ2) is 3.49. The van der Waals surface area contributed by atoms with Crippen LogP contribution in [0.2, 0.25) is 0 Å². The SMILES string of the molecule is N#Cc1cc(C=O)ccc1I. The van der Waals surface area contributed by atoms with Crippen molar-refractivity contribution in [3.63, 3.8) is 0 Å². The number of carbonyl (C=O) groups excluding carboxylic acids is 1. The zero-order valence-corrected chi connectivity index (χ0v) is 7.70. The molecule has 0 saturated carbocycles. The Balaban J connectivity index is 3.25. The number of nitrogens with zero attached hydrogens (tertiary/aromatic N) is 1. The molecule has 11 heavy (non-hydrogen) atoms. The third-order valence-corrected chi connectivity index (χ3v) is 2.19. The van der Waals surface area contributed by atoms with Crippen molar-refractivity contribution in [1.82, 2.24) is 0 Å². The minimum Gasteiger partial charge on any atom is -0.298 e. The van der Waals surface area contributed by atoms with Gasteiger partial charge in [0.15, 0.2) is 0 Å². The van der Waals surface area contributed by atoms with Gasteiger partial charge in [-0.25, -0.2) is 0 Å². The van der Waals surface area contributed by atoms with Crippen molar-refractivity contribution in [2.45, 2.75) is 0 Å². The third-order valence-electron chi connectivity index (χ3n) is 1.25. The number of carbonyl (C=O) groups is 1. The predicted molar refractivity (Wildman–Crippen MR) is 49.3 cm³/mol. The lowest BCUT2D eigenvalue weighted by molar-refractivity contribution is 0.112. The minimum atomic E-state index is 0.543. The molecule has 0 heterocycles. The number of rotatable bonds is 1. The monoisotopic (exact) mass is 257 g/mol. The maximum atomic E-state index is 10.3. The Hall–Kier alpha value is -0.890. The zero-order valence-electron chi connectivity index (χ0n) is 5.54. The molecular formula is C8H4INO. The van der Waals surface area contributed by atoms with Crippen molar-refractivity contribution in [3.8, 4) is 6.07 Å². The van der Waals surface area contributed by atoms with Crippen LogP contribution in [0.15, 0.2) is 18.2 Å². The van der Waals surface area contributed by atoms with E-state index < -0.39 is 0 Å². The van der Waals surface area contributed by atoms with Gasteiger partial charge in [0.25, 0.3) is 0 Å². The van der Waals surface area contributed by atoms with Crippen molar-refractivity contribution in [2.75, 3.05) is 0 Å². The summed E-state index contributed by atoms with van der Waals surface area (Å²) in [5.41, 5.74) is 1.09. The fourth-order valence-electron chi connectivity index (χ4n) is 0.702. The van der Waals surface area contributed by atoms with E-state index in [1.807, 2.05) is 6.07 Å². The van der Waals surface area contributed by atoms with Crippen LogP contribution in [0.4, 0.5) is 0 Å². The van der Waals surface area contributed by atoms with E-state index in [-0.39, 0.29) is 0 Å². The second-order valence-corrected chi connectivity index (χ2v) is 3.13. The third kappa shape index (κ3) is 1.77.